The molecule has 8 heteroatoms. The van der Waals surface area contributed by atoms with Gasteiger partial charge < -0.3 is 10.2 Å². The maximum atomic E-state index is 14.1. The summed E-state index contributed by atoms with van der Waals surface area (Å²) in [6.07, 6.45) is 1.14. The summed E-state index contributed by atoms with van der Waals surface area (Å²) in [5, 5.41) is 3.00. The maximum Gasteiger partial charge on any atom is 0.264 e. The van der Waals surface area contributed by atoms with Gasteiger partial charge in [0.25, 0.3) is 10.0 Å². The minimum Gasteiger partial charge on any atom is -0.352 e. The van der Waals surface area contributed by atoms with Crippen molar-refractivity contribution in [1.82, 2.24) is 10.2 Å². The van der Waals surface area contributed by atoms with E-state index in [4.69, 9.17) is 0 Å². The zero-order chi connectivity index (χ0) is 28.6. The minimum atomic E-state index is -4.08. The van der Waals surface area contributed by atoms with Crippen molar-refractivity contribution >= 4 is 27.5 Å². The summed E-state index contributed by atoms with van der Waals surface area (Å²) < 4.78 is 28.9. The van der Waals surface area contributed by atoms with Crippen molar-refractivity contribution < 1.29 is 18.0 Å². The molecule has 3 aromatic carbocycles. The van der Waals surface area contributed by atoms with Gasteiger partial charge in [0.05, 0.1) is 10.6 Å². The van der Waals surface area contributed by atoms with Crippen molar-refractivity contribution in [2.24, 2.45) is 0 Å². The average molecular weight is 550 g/mol. The molecule has 0 bridgehead atoms. The predicted molar refractivity (Wildman–Crippen MR) is 156 cm³/mol. The molecule has 0 fully saturated rings. The summed E-state index contributed by atoms with van der Waals surface area (Å²) in [4.78, 5) is 29.0. The number of aryl methyl sites for hydroxylation is 2. The van der Waals surface area contributed by atoms with Crippen molar-refractivity contribution in [3.8, 4) is 0 Å². The van der Waals surface area contributed by atoms with E-state index in [9.17, 15) is 18.0 Å². The van der Waals surface area contributed by atoms with E-state index < -0.39 is 28.5 Å². The molecule has 0 spiro atoms. The summed E-state index contributed by atoms with van der Waals surface area (Å²) in [5.41, 5.74) is 3.04. The van der Waals surface area contributed by atoms with Gasteiger partial charge in [-0.2, -0.15) is 0 Å². The van der Waals surface area contributed by atoms with Crippen LogP contribution in [0, 0.1) is 13.8 Å². The predicted octanol–water partition coefficient (Wildman–Crippen LogP) is 5.22. The fourth-order valence-electron chi connectivity index (χ4n) is 4.44. The second-order valence-electron chi connectivity index (χ2n) is 9.86. The number of carbonyl (C=O) groups is 2. The molecule has 0 unspecified atom stereocenters. The number of nitrogens with one attached hydrogen (secondary N) is 1. The van der Waals surface area contributed by atoms with Crippen molar-refractivity contribution in [2.75, 3.05) is 10.8 Å². The van der Waals surface area contributed by atoms with Gasteiger partial charge in [0, 0.05) is 12.6 Å². The number of carbonyl (C=O) groups excluding carboxylic acids is 2. The van der Waals surface area contributed by atoms with Gasteiger partial charge in [-0.15, -0.1) is 0 Å². The van der Waals surface area contributed by atoms with Crippen molar-refractivity contribution in [2.45, 2.75) is 71.0 Å². The molecule has 0 aliphatic heterocycles. The van der Waals surface area contributed by atoms with E-state index in [-0.39, 0.29) is 23.4 Å². The Morgan fingerprint density at radius 1 is 0.872 bits per heavy atom. The van der Waals surface area contributed by atoms with Gasteiger partial charge in [-0.3, -0.25) is 13.9 Å². The SMILES string of the molecule is CC[C@@H](C)NC(=O)[C@H](CC)N(Cc1cccc(C)c1)C(=O)CN(c1ccccc1C)S(=O)(=O)c1ccccc1. The van der Waals surface area contributed by atoms with E-state index in [1.807, 2.05) is 71.0 Å². The van der Waals surface area contributed by atoms with Crippen molar-refractivity contribution in [1.29, 1.82) is 0 Å². The van der Waals surface area contributed by atoms with E-state index in [0.717, 1.165) is 27.4 Å². The van der Waals surface area contributed by atoms with Gasteiger partial charge >= 0.3 is 0 Å². The van der Waals surface area contributed by atoms with E-state index in [0.29, 0.717) is 12.1 Å². The maximum absolute atomic E-state index is 14.1. The average Bonchev–Trinajstić information content (AvgIpc) is 2.92. The highest BCUT2D eigenvalue weighted by atomic mass is 32.2. The van der Waals surface area contributed by atoms with Crippen LogP contribution in [0.4, 0.5) is 5.69 Å². The lowest BCUT2D eigenvalue weighted by molar-refractivity contribution is -0.140. The minimum absolute atomic E-state index is 0.0515. The van der Waals surface area contributed by atoms with Gasteiger partial charge in [0.15, 0.2) is 0 Å². The third-order valence-electron chi connectivity index (χ3n) is 6.82. The molecule has 2 amide bonds. The quantitative estimate of drug-likeness (QED) is 0.336. The van der Waals surface area contributed by atoms with Crippen LogP contribution in [0.25, 0.3) is 0 Å². The Morgan fingerprint density at radius 2 is 1.54 bits per heavy atom. The Kier molecular flexibility index (Phi) is 10.3. The Morgan fingerprint density at radius 3 is 2.15 bits per heavy atom. The van der Waals surface area contributed by atoms with E-state index in [1.165, 1.54) is 17.0 Å². The van der Waals surface area contributed by atoms with E-state index >= 15 is 0 Å². The van der Waals surface area contributed by atoms with Gasteiger partial charge in [-0.05, 0) is 62.9 Å². The smallest absolute Gasteiger partial charge is 0.264 e. The lowest BCUT2D eigenvalue weighted by Crippen LogP contribution is -2.53. The first kappa shape index (κ1) is 29.9. The number of amides is 2. The monoisotopic (exact) mass is 549 g/mol. The molecule has 0 saturated carbocycles. The molecule has 0 aliphatic rings. The third-order valence-corrected chi connectivity index (χ3v) is 8.59. The Labute approximate surface area is 232 Å². The van der Waals surface area contributed by atoms with E-state index in [2.05, 4.69) is 5.32 Å². The van der Waals surface area contributed by atoms with Crippen LogP contribution in [-0.4, -0.2) is 43.8 Å². The normalized spacial score (nSPS) is 12.8. The van der Waals surface area contributed by atoms with E-state index in [1.54, 1.807) is 30.3 Å². The lowest BCUT2D eigenvalue weighted by atomic mass is 10.1. The Balaban J connectivity index is 2.06. The largest absolute Gasteiger partial charge is 0.352 e. The zero-order valence-electron chi connectivity index (χ0n) is 23.4. The summed E-state index contributed by atoms with van der Waals surface area (Å²) in [5.74, 6) is -0.702. The Hall–Kier alpha value is -3.65. The van der Waals surface area contributed by atoms with Crippen LogP contribution in [-0.2, 0) is 26.2 Å². The first-order chi connectivity index (χ1) is 18.6. The molecule has 0 radical (unpaired) electrons. The number of benzene rings is 3. The van der Waals surface area contributed by atoms with Crippen molar-refractivity contribution in [3.63, 3.8) is 0 Å². The summed E-state index contributed by atoms with van der Waals surface area (Å²) in [6.45, 7) is 9.28. The molecular weight excluding hydrogens is 510 g/mol. The van der Waals surface area contributed by atoms with Crippen LogP contribution in [0.1, 0.15) is 50.3 Å². The molecule has 0 aromatic heterocycles. The number of sulfonamides is 1. The molecule has 0 heterocycles. The fourth-order valence-corrected chi connectivity index (χ4v) is 5.94. The molecule has 2 atom stereocenters. The zero-order valence-corrected chi connectivity index (χ0v) is 24.2. The first-order valence-corrected chi connectivity index (χ1v) is 14.8. The van der Waals surface area contributed by atoms with Crippen LogP contribution in [0.3, 0.4) is 0 Å². The molecule has 208 valence electrons. The number of nitrogens with zero attached hydrogens (tertiary/aromatic N) is 2. The lowest BCUT2D eigenvalue weighted by Gasteiger charge is -2.34. The molecule has 3 aromatic rings. The standard InChI is InChI=1S/C31H39N3O4S/c1-6-25(5)32-31(36)28(7-2)33(21-26-16-13-14-23(3)20-26)30(35)22-34(29-19-12-11-15-24(29)4)39(37,38)27-17-9-8-10-18-27/h8-20,25,28H,6-7,21-22H2,1-5H3,(H,32,36)/t25-,28+/m1/s1. The summed E-state index contributed by atoms with van der Waals surface area (Å²) in [6, 6.07) is 22.1. The molecule has 3 rings (SSSR count). The highest BCUT2D eigenvalue weighted by molar-refractivity contribution is 7.92. The van der Waals surface area contributed by atoms with Crippen LogP contribution in [0.5, 0.6) is 0 Å². The number of hydrogen-bond acceptors (Lipinski definition) is 4. The highest BCUT2D eigenvalue weighted by Crippen LogP contribution is 2.27. The van der Waals surface area contributed by atoms with Gasteiger partial charge in [-0.25, -0.2) is 8.42 Å². The molecule has 39 heavy (non-hydrogen) atoms. The molecule has 0 saturated heterocycles. The van der Waals surface area contributed by atoms with Gasteiger partial charge in [-0.1, -0.05) is 80.1 Å². The summed E-state index contributed by atoms with van der Waals surface area (Å²) in [7, 11) is -4.08. The van der Waals surface area contributed by atoms with Crippen LogP contribution in [0.2, 0.25) is 0 Å². The molecular formula is C31H39N3O4S. The third kappa shape index (κ3) is 7.47. The van der Waals surface area contributed by atoms with Gasteiger partial charge in [0.1, 0.15) is 12.6 Å². The van der Waals surface area contributed by atoms with Crippen LogP contribution < -0.4 is 9.62 Å². The number of rotatable bonds is 12. The fraction of sp³-hybridized carbons (Fsp3) is 0.355. The van der Waals surface area contributed by atoms with Crippen LogP contribution >= 0.6 is 0 Å². The second-order valence-corrected chi connectivity index (χ2v) is 11.7. The topological polar surface area (TPSA) is 86.8 Å². The number of para-hydroxylation sites is 1. The van der Waals surface area contributed by atoms with Crippen molar-refractivity contribution in [3.05, 3.63) is 95.6 Å². The Bertz CT molecular complexity index is 1380. The highest BCUT2D eigenvalue weighted by Gasteiger charge is 2.34. The molecule has 0 aliphatic carbocycles. The number of hydrogen-bond donors (Lipinski definition) is 1. The second kappa shape index (κ2) is 13.4. The molecule has 1 N–H and O–H groups in total. The first-order valence-electron chi connectivity index (χ1n) is 13.4. The van der Waals surface area contributed by atoms with Gasteiger partial charge in [0.2, 0.25) is 11.8 Å². The summed E-state index contributed by atoms with van der Waals surface area (Å²) >= 11 is 0. The molecule has 7 nitrogen and oxygen atoms in total. The van der Waals surface area contributed by atoms with Crippen LogP contribution in [0.15, 0.2) is 83.8 Å². The number of anilines is 1.